The second-order valence-corrected chi connectivity index (χ2v) is 7.90. The first-order valence-electron chi connectivity index (χ1n) is 7.04. The zero-order chi connectivity index (χ0) is 18.7. The molecule has 12 heteroatoms. The van der Waals surface area contributed by atoms with Crippen LogP contribution < -0.4 is 4.72 Å². The van der Waals surface area contributed by atoms with Crippen molar-refractivity contribution in [3.05, 3.63) is 72.7 Å². The normalized spacial score (nSPS) is 10.7. The van der Waals surface area contributed by atoms with Crippen LogP contribution in [-0.2, 0) is 5.32 Å². The Labute approximate surface area is 160 Å². The molecule has 0 unspecified atom stereocenters. The SMILES string of the molecule is O=[N+]([O-])c1cc(C[Se]c2nnnn2-c2ccc(Br)cc2)cc([N+](=O)[O-])c1. The van der Waals surface area contributed by atoms with E-state index >= 15 is 0 Å². The van der Waals surface area contributed by atoms with Crippen molar-refractivity contribution in [3.63, 3.8) is 0 Å². The van der Waals surface area contributed by atoms with Gasteiger partial charge in [0.1, 0.15) is 0 Å². The number of tetrazole rings is 1. The van der Waals surface area contributed by atoms with Gasteiger partial charge in [0, 0.05) is 0 Å². The second kappa shape index (κ2) is 7.68. The molecule has 0 aliphatic heterocycles. The van der Waals surface area contributed by atoms with Gasteiger partial charge in [-0.1, -0.05) is 0 Å². The minimum absolute atomic E-state index is 0.278. The molecule has 1 heterocycles. The number of halogens is 1. The molecule has 3 aromatic rings. The van der Waals surface area contributed by atoms with Gasteiger partial charge in [0.15, 0.2) is 0 Å². The number of nitro groups is 2. The number of aromatic nitrogens is 4. The number of non-ortho nitro benzene ring substituents is 2. The van der Waals surface area contributed by atoms with Crippen LogP contribution in [-0.4, -0.2) is 45.0 Å². The van der Waals surface area contributed by atoms with Gasteiger partial charge in [0.25, 0.3) is 0 Å². The Morgan fingerprint density at radius 1 is 1.04 bits per heavy atom. The summed E-state index contributed by atoms with van der Waals surface area (Å²) in [7, 11) is 0. The Kier molecular flexibility index (Phi) is 5.35. The molecular weight excluding hydrogens is 475 g/mol. The van der Waals surface area contributed by atoms with E-state index < -0.39 is 9.85 Å². The maximum absolute atomic E-state index is 11.0. The summed E-state index contributed by atoms with van der Waals surface area (Å²) in [5.41, 5.74) is 0.659. The molecule has 0 saturated carbocycles. The van der Waals surface area contributed by atoms with Crippen molar-refractivity contribution in [2.24, 2.45) is 0 Å². The van der Waals surface area contributed by atoms with Crippen molar-refractivity contribution in [1.82, 2.24) is 20.2 Å². The zero-order valence-electron chi connectivity index (χ0n) is 12.9. The van der Waals surface area contributed by atoms with E-state index in [-0.39, 0.29) is 26.3 Å². The van der Waals surface area contributed by atoms with E-state index in [2.05, 4.69) is 31.5 Å². The summed E-state index contributed by atoms with van der Waals surface area (Å²) in [6.07, 6.45) is 0. The predicted molar refractivity (Wildman–Crippen MR) is 95.7 cm³/mol. The third-order valence-corrected chi connectivity index (χ3v) is 5.87. The molecule has 0 fully saturated rings. The van der Waals surface area contributed by atoms with Crippen LogP contribution >= 0.6 is 15.9 Å². The molecule has 0 spiro atoms. The van der Waals surface area contributed by atoms with Crippen LogP contribution in [0.5, 0.6) is 0 Å². The van der Waals surface area contributed by atoms with E-state index in [0.717, 1.165) is 16.2 Å². The van der Waals surface area contributed by atoms with E-state index in [1.807, 2.05) is 24.3 Å². The average molecular weight is 484 g/mol. The number of hydrogen-bond acceptors (Lipinski definition) is 7. The van der Waals surface area contributed by atoms with E-state index in [0.29, 0.717) is 15.6 Å². The molecule has 10 nitrogen and oxygen atoms in total. The minimum atomic E-state index is -0.643. The molecule has 26 heavy (non-hydrogen) atoms. The van der Waals surface area contributed by atoms with Gasteiger partial charge in [-0.3, -0.25) is 0 Å². The second-order valence-electron chi connectivity index (χ2n) is 5.01. The summed E-state index contributed by atoms with van der Waals surface area (Å²) in [5.74, 6) is 0. The summed E-state index contributed by atoms with van der Waals surface area (Å²) in [6, 6.07) is 11.0. The Morgan fingerprint density at radius 2 is 1.65 bits per heavy atom. The quantitative estimate of drug-likeness (QED) is 0.296. The van der Waals surface area contributed by atoms with Gasteiger partial charge >= 0.3 is 161 Å². The van der Waals surface area contributed by atoms with Crippen LogP contribution in [0.3, 0.4) is 0 Å². The average Bonchev–Trinajstić information content (AvgIpc) is 3.08. The predicted octanol–water partition coefficient (Wildman–Crippen LogP) is 1.77. The van der Waals surface area contributed by atoms with Crippen molar-refractivity contribution in [2.45, 2.75) is 5.32 Å². The Balaban J connectivity index is 1.84. The first-order valence-corrected chi connectivity index (χ1v) is 9.90. The molecule has 0 bridgehead atoms. The van der Waals surface area contributed by atoms with Crippen LogP contribution in [0.25, 0.3) is 5.69 Å². The van der Waals surface area contributed by atoms with Crippen LogP contribution in [0.4, 0.5) is 11.4 Å². The van der Waals surface area contributed by atoms with Gasteiger partial charge < -0.3 is 0 Å². The first-order chi connectivity index (χ1) is 12.4. The summed E-state index contributed by atoms with van der Waals surface area (Å²) in [5, 5.41) is 34.0. The van der Waals surface area contributed by atoms with E-state index in [1.54, 1.807) is 4.68 Å². The molecule has 0 aliphatic carbocycles. The molecule has 3 rings (SSSR count). The van der Waals surface area contributed by atoms with E-state index in [1.165, 1.54) is 12.1 Å². The molecule has 0 saturated heterocycles. The molecule has 0 radical (unpaired) electrons. The van der Waals surface area contributed by atoms with Gasteiger partial charge in [-0.05, 0) is 0 Å². The molecule has 132 valence electrons. The third-order valence-electron chi connectivity index (χ3n) is 3.26. The van der Waals surface area contributed by atoms with Gasteiger partial charge in [-0.2, -0.15) is 0 Å². The van der Waals surface area contributed by atoms with Gasteiger partial charge in [-0.15, -0.1) is 0 Å². The standard InChI is InChI=1S/C14H9BrN6O4Se/c15-10-1-3-11(4-2-10)19-14(16-17-18-19)26-8-9-5-12(20(22)23)7-13(6-9)21(24)25/h1-7H,8H2. The van der Waals surface area contributed by atoms with Crippen LogP contribution in [0.15, 0.2) is 46.9 Å². The van der Waals surface area contributed by atoms with Gasteiger partial charge in [-0.25, -0.2) is 0 Å². The first kappa shape index (κ1) is 18.1. The van der Waals surface area contributed by atoms with Gasteiger partial charge in [0.2, 0.25) is 0 Å². The zero-order valence-corrected chi connectivity index (χ0v) is 16.2. The molecule has 1 aromatic heterocycles. The van der Waals surface area contributed by atoms with Crippen LogP contribution in [0.2, 0.25) is 0 Å². The summed E-state index contributed by atoms with van der Waals surface area (Å²) >= 11 is 3.08. The number of rotatable bonds is 6. The number of benzene rings is 2. The van der Waals surface area contributed by atoms with Crippen molar-refractivity contribution in [3.8, 4) is 5.69 Å². The van der Waals surface area contributed by atoms with E-state index in [9.17, 15) is 20.2 Å². The molecule has 0 amide bonds. The topological polar surface area (TPSA) is 130 Å². The maximum atomic E-state index is 11.0. The number of nitrogens with zero attached hydrogens (tertiary/aromatic N) is 6. The van der Waals surface area contributed by atoms with E-state index in [4.69, 9.17) is 0 Å². The third kappa shape index (κ3) is 4.10. The summed E-state index contributed by atoms with van der Waals surface area (Å²) < 4.78 is 3.11. The van der Waals surface area contributed by atoms with Crippen molar-refractivity contribution in [1.29, 1.82) is 0 Å². The Bertz CT molecular complexity index is 946. The molecule has 0 atom stereocenters. The molecular formula is C14H9BrN6O4Se. The fourth-order valence-corrected chi connectivity index (χ4v) is 4.10. The Morgan fingerprint density at radius 3 is 2.23 bits per heavy atom. The number of hydrogen-bond donors (Lipinski definition) is 0. The van der Waals surface area contributed by atoms with Crippen LogP contribution in [0.1, 0.15) is 5.56 Å². The molecule has 2 aromatic carbocycles. The fraction of sp³-hybridized carbons (Fsp3) is 0.0714. The fourth-order valence-electron chi connectivity index (χ4n) is 2.11. The molecule has 0 aliphatic rings. The summed E-state index contributed by atoms with van der Waals surface area (Å²) in [4.78, 5) is 20.7. The van der Waals surface area contributed by atoms with Crippen molar-refractivity contribution < 1.29 is 9.85 Å². The molecule has 0 N–H and O–H groups in total. The monoisotopic (exact) mass is 484 g/mol. The Hall–Kier alpha value is -2.69. The van der Waals surface area contributed by atoms with Crippen molar-refractivity contribution >= 4 is 47.0 Å². The van der Waals surface area contributed by atoms with Crippen molar-refractivity contribution in [2.75, 3.05) is 0 Å². The van der Waals surface area contributed by atoms with Crippen LogP contribution in [0, 0.1) is 20.2 Å². The van der Waals surface area contributed by atoms with Gasteiger partial charge in [0.05, 0.1) is 0 Å². The summed E-state index contributed by atoms with van der Waals surface area (Å²) in [6.45, 7) is 0. The number of nitro benzene ring substituents is 2.